The summed E-state index contributed by atoms with van der Waals surface area (Å²) in [5.41, 5.74) is 2.21. The minimum atomic E-state index is 0.648. The number of halogens is 1. The molecule has 1 aromatic carbocycles. The molecule has 0 atom stereocenters. The zero-order valence-electron chi connectivity index (χ0n) is 10.5. The molecule has 2 heteroatoms. The lowest BCUT2D eigenvalue weighted by Crippen LogP contribution is -2.31. The van der Waals surface area contributed by atoms with Crippen molar-refractivity contribution in [2.45, 2.75) is 38.1 Å². The van der Waals surface area contributed by atoms with Crippen molar-refractivity contribution in [3.63, 3.8) is 0 Å². The lowest BCUT2D eigenvalue weighted by atomic mass is 9.94. The van der Waals surface area contributed by atoms with Crippen LogP contribution in [0.3, 0.4) is 0 Å². The standard InChI is InChI=1S/C15H20ClN/c1-12(13-7-6-8-14(16)11-13)17(2)15-9-4-3-5-10-15/h6-8,11,15H,1,3-5,9-10H2,2H3. The molecule has 0 aromatic heterocycles. The molecule has 17 heavy (non-hydrogen) atoms. The minimum absolute atomic E-state index is 0.648. The van der Waals surface area contributed by atoms with Crippen molar-refractivity contribution >= 4 is 17.3 Å². The third-order valence-electron chi connectivity index (χ3n) is 3.71. The van der Waals surface area contributed by atoms with E-state index in [0.29, 0.717) is 6.04 Å². The largest absolute Gasteiger partial charge is 0.372 e. The van der Waals surface area contributed by atoms with Gasteiger partial charge in [-0.1, -0.05) is 49.6 Å². The topological polar surface area (TPSA) is 3.24 Å². The van der Waals surface area contributed by atoms with E-state index in [1.54, 1.807) is 0 Å². The molecule has 0 amide bonds. The molecule has 0 heterocycles. The number of benzene rings is 1. The smallest absolute Gasteiger partial charge is 0.0412 e. The molecule has 0 N–H and O–H groups in total. The number of hydrogen-bond donors (Lipinski definition) is 0. The van der Waals surface area contributed by atoms with Gasteiger partial charge >= 0.3 is 0 Å². The van der Waals surface area contributed by atoms with Gasteiger partial charge in [-0.05, 0) is 30.5 Å². The van der Waals surface area contributed by atoms with Gasteiger partial charge < -0.3 is 4.90 Å². The van der Waals surface area contributed by atoms with Crippen molar-refractivity contribution in [3.8, 4) is 0 Å². The van der Waals surface area contributed by atoms with Crippen molar-refractivity contribution in [3.05, 3.63) is 41.4 Å². The van der Waals surface area contributed by atoms with Crippen molar-refractivity contribution in [1.82, 2.24) is 4.90 Å². The van der Waals surface area contributed by atoms with E-state index < -0.39 is 0 Å². The quantitative estimate of drug-likeness (QED) is 0.758. The van der Waals surface area contributed by atoms with Gasteiger partial charge in [-0.25, -0.2) is 0 Å². The average molecular weight is 250 g/mol. The van der Waals surface area contributed by atoms with E-state index in [9.17, 15) is 0 Å². The fourth-order valence-corrected chi connectivity index (χ4v) is 2.75. The van der Waals surface area contributed by atoms with Crippen LogP contribution in [0.15, 0.2) is 30.8 Å². The fourth-order valence-electron chi connectivity index (χ4n) is 2.56. The summed E-state index contributed by atoms with van der Waals surface area (Å²) >= 11 is 6.02. The molecule has 2 rings (SSSR count). The highest BCUT2D eigenvalue weighted by atomic mass is 35.5. The average Bonchev–Trinajstić information content (AvgIpc) is 2.38. The molecule has 1 aliphatic rings. The van der Waals surface area contributed by atoms with E-state index in [4.69, 9.17) is 11.6 Å². The Morgan fingerprint density at radius 3 is 2.65 bits per heavy atom. The summed E-state index contributed by atoms with van der Waals surface area (Å²) in [4.78, 5) is 2.32. The first kappa shape index (κ1) is 12.5. The third-order valence-corrected chi connectivity index (χ3v) is 3.94. The van der Waals surface area contributed by atoms with Crippen molar-refractivity contribution in [1.29, 1.82) is 0 Å². The van der Waals surface area contributed by atoms with Crippen LogP contribution in [0.1, 0.15) is 37.7 Å². The lowest BCUT2D eigenvalue weighted by molar-refractivity contribution is 0.267. The first-order chi connectivity index (χ1) is 8.18. The normalized spacial score (nSPS) is 16.8. The maximum absolute atomic E-state index is 6.02. The van der Waals surface area contributed by atoms with E-state index in [1.165, 1.54) is 32.1 Å². The molecule has 1 aliphatic carbocycles. The molecular formula is C15H20ClN. The fraction of sp³-hybridized carbons (Fsp3) is 0.467. The van der Waals surface area contributed by atoms with Gasteiger partial charge in [0.15, 0.2) is 0 Å². The van der Waals surface area contributed by atoms with Crippen molar-refractivity contribution in [2.24, 2.45) is 0 Å². The second-order valence-corrected chi connectivity index (χ2v) is 5.30. The summed E-state index contributed by atoms with van der Waals surface area (Å²) in [5.74, 6) is 0. The van der Waals surface area contributed by atoms with E-state index in [0.717, 1.165) is 16.3 Å². The highest BCUT2D eigenvalue weighted by molar-refractivity contribution is 6.30. The van der Waals surface area contributed by atoms with Crippen LogP contribution in [0.25, 0.3) is 5.70 Å². The Balaban J connectivity index is 2.08. The van der Waals surface area contributed by atoms with Gasteiger partial charge in [-0.15, -0.1) is 0 Å². The Hall–Kier alpha value is -0.950. The van der Waals surface area contributed by atoms with E-state index in [2.05, 4.69) is 24.6 Å². The number of nitrogens with zero attached hydrogens (tertiary/aromatic N) is 1. The van der Waals surface area contributed by atoms with Crippen LogP contribution in [-0.2, 0) is 0 Å². The van der Waals surface area contributed by atoms with Crippen LogP contribution in [0, 0.1) is 0 Å². The highest BCUT2D eigenvalue weighted by Gasteiger charge is 2.19. The van der Waals surface area contributed by atoms with Gasteiger partial charge in [0.05, 0.1) is 0 Å². The molecule has 92 valence electrons. The molecule has 1 fully saturated rings. The summed E-state index contributed by atoms with van der Waals surface area (Å²) in [6.07, 6.45) is 6.65. The summed E-state index contributed by atoms with van der Waals surface area (Å²) in [6, 6.07) is 8.60. The monoisotopic (exact) mass is 249 g/mol. The second kappa shape index (κ2) is 5.59. The SMILES string of the molecule is C=C(c1cccc(Cl)c1)N(C)C1CCCCC1. The molecule has 1 nitrogen and oxygen atoms in total. The third kappa shape index (κ3) is 3.04. The van der Waals surface area contributed by atoms with Gasteiger partial charge in [0.1, 0.15) is 0 Å². The first-order valence-corrected chi connectivity index (χ1v) is 6.74. The summed E-state index contributed by atoms with van der Waals surface area (Å²) in [7, 11) is 2.15. The zero-order chi connectivity index (χ0) is 12.3. The number of rotatable bonds is 3. The minimum Gasteiger partial charge on any atom is -0.372 e. The molecule has 1 aromatic rings. The highest BCUT2D eigenvalue weighted by Crippen LogP contribution is 2.28. The molecule has 0 radical (unpaired) electrons. The maximum Gasteiger partial charge on any atom is 0.0412 e. The molecule has 0 saturated heterocycles. The van der Waals surface area contributed by atoms with Crippen LogP contribution in [0.5, 0.6) is 0 Å². The molecule has 0 aliphatic heterocycles. The van der Waals surface area contributed by atoms with Crippen LogP contribution < -0.4 is 0 Å². The van der Waals surface area contributed by atoms with E-state index >= 15 is 0 Å². The zero-order valence-corrected chi connectivity index (χ0v) is 11.2. The predicted molar refractivity (Wildman–Crippen MR) is 75.1 cm³/mol. The first-order valence-electron chi connectivity index (χ1n) is 6.36. The van der Waals surface area contributed by atoms with Gasteiger partial charge in [-0.3, -0.25) is 0 Å². The number of hydrogen-bond acceptors (Lipinski definition) is 1. The van der Waals surface area contributed by atoms with Crippen LogP contribution in [-0.4, -0.2) is 18.0 Å². The van der Waals surface area contributed by atoms with Gasteiger partial charge in [-0.2, -0.15) is 0 Å². The Morgan fingerprint density at radius 1 is 1.29 bits per heavy atom. The van der Waals surface area contributed by atoms with Crippen molar-refractivity contribution < 1.29 is 0 Å². The van der Waals surface area contributed by atoms with Gasteiger partial charge in [0.25, 0.3) is 0 Å². The Morgan fingerprint density at radius 2 is 2.00 bits per heavy atom. The van der Waals surface area contributed by atoms with Crippen molar-refractivity contribution in [2.75, 3.05) is 7.05 Å². The van der Waals surface area contributed by atoms with E-state index in [1.807, 2.05) is 18.2 Å². The maximum atomic E-state index is 6.02. The van der Waals surface area contributed by atoms with E-state index in [-0.39, 0.29) is 0 Å². The molecule has 0 bridgehead atoms. The Bertz CT molecular complexity index is 394. The van der Waals surface area contributed by atoms with Crippen LogP contribution in [0.4, 0.5) is 0 Å². The Labute approximate surface area is 109 Å². The summed E-state index contributed by atoms with van der Waals surface area (Å²) < 4.78 is 0. The van der Waals surface area contributed by atoms with Crippen LogP contribution in [0.2, 0.25) is 5.02 Å². The lowest BCUT2D eigenvalue weighted by Gasteiger charge is -2.34. The molecular weight excluding hydrogens is 230 g/mol. The molecule has 0 unspecified atom stereocenters. The summed E-state index contributed by atoms with van der Waals surface area (Å²) in [5, 5.41) is 0.778. The summed E-state index contributed by atoms with van der Waals surface area (Å²) in [6.45, 7) is 4.21. The second-order valence-electron chi connectivity index (χ2n) is 4.86. The van der Waals surface area contributed by atoms with Crippen LogP contribution >= 0.6 is 11.6 Å². The van der Waals surface area contributed by atoms with Gasteiger partial charge in [0, 0.05) is 23.8 Å². The molecule has 0 spiro atoms. The Kier molecular flexibility index (Phi) is 4.11. The van der Waals surface area contributed by atoms with Gasteiger partial charge in [0.2, 0.25) is 0 Å². The molecule has 1 saturated carbocycles. The predicted octanol–water partition coefficient (Wildman–Crippen LogP) is 4.58.